The van der Waals surface area contributed by atoms with Crippen LogP contribution in [0.3, 0.4) is 0 Å². The number of hydrogen-bond acceptors (Lipinski definition) is 2. The third-order valence-electron chi connectivity index (χ3n) is 2.37. The zero-order valence-electron chi connectivity index (χ0n) is 7.88. The average Bonchev–Trinajstić information content (AvgIpc) is 2.17. The second-order valence-electron chi connectivity index (χ2n) is 3.19. The Morgan fingerprint density at radius 3 is 3.00 bits per heavy atom. The molecule has 1 unspecified atom stereocenters. The van der Waals surface area contributed by atoms with Crippen LogP contribution in [0.25, 0.3) is 0 Å². The van der Waals surface area contributed by atoms with Crippen LogP contribution in [-0.2, 0) is 9.53 Å². The summed E-state index contributed by atoms with van der Waals surface area (Å²) in [7, 11) is 1.71. The van der Waals surface area contributed by atoms with Gasteiger partial charge in [-0.1, -0.05) is 6.92 Å². The highest BCUT2D eigenvalue weighted by atomic mass is 16.5. The third-order valence-corrected chi connectivity index (χ3v) is 2.37. The Balaban J connectivity index is 2.40. The topological polar surface area (TPSA) is 29.5 Å². The van der Waals surface area contributed by atoms with Gasteiger partial charge in [0.25, 0.3) is 0 Å². The van der Waals surface area contributed by atoms with Crippen molar-refractivity contribution in [1.82, 2.24) is 4.90 Å². The molecular weight excluding hydrogens is 154 g/mol. The first-order valence-electron chi connectivity index (χ1n) is 4.58. The predicted molar refractivity (Wildman–Crippen MR) is 46.9 cm³/mol. The van der Waals surface area contributed by atoms with Crippen molar-refractivity contribution >= 4 is 5.91 Å². The molecule has 0 saturated carbocycles. The summed E-state index contributed by atoms with van der Waals surface area (Å²) in [5.41, 5.74) is 0. The molecule has 0 aromatic heterocycles. The first-order chi connectivity index (χ1) is 5.77. The van der Waals surface area contributed by atoms with Crippen molar-refractivity contribution in [2.24, 2.45) is 0 Å². The van der Waals surface area contributed by atoms with Crippen LogP contribution in [0.5, 0.6) is 0 Å². The fraction of sp³-hybridized carbons (Fsp3) is 0.889. The van der Waals surface area contributed by atoms with Gasteiger partial charge in [-0.2, -0.15) is 0 Å². The lowest BCUT2D eigenvalue weighted by molar-refractivity contribution is -0.134. The molecule has 1 rings (SSSR count). The first-order valence-corrected chi connectivity index (χ1v) is 4.58. The van der Waals surface area contributed by atoms with Crippen molar-refractivity contribution in [2.45, 2.75) is 32.3 Å². The summed E-state index contributed by atoms with van der Waals surface area (Å²) in [6, 6.07) is 0. The largest absolute Gasteiger partial charge is 0.380 e. The van der Waals surface area contributed by atoms with E-state index in [1.807, 2.05) is 11.8 Å². The van der Waals surface area contributed by atoms with Gasteiger partial charge in [-0.05, 0) is 12.8 Å². The number of hydrogen-bond donors (Lipinski definition) is 0. The molecule has 12 heavy (non-hydrogen) atoms. The molecule has 1 atom stereocenters. The van der Waals surface area contributed by atoms with Crippen LogP contribution in [0, 0.1) is 0 Å². The predicted octanol–water partition coefficient (Wildman–Crippen LogP) is 1.03. The average molecular weight is 171 g/mol. The highest BCUT2D eigenvalue weighted by molar-refractivity contribution is 5.75. The van der Waals surface area contributed by atoms with Crippen LogP contribution in [-0.4, -0.2) is 37.1 Å². The lowest BCUT2D eigenvalue weighted by Crippen LogP contribution is -2.42. The molecule has 0 aromatic rings. The van der Waals surface area contributed by atoms with E-state index in [9.17, 15) is 4.79 Å². The van der Waals surface area contributed by atoms with Crippen molar-refractivity contribution in [1.29, 1.82) is 0 Å². The molecule has 0 bridgehead atoms. The Hall–Kier alpha value is -0.570. The normalized spacial score (nSPS) is 24.2. The number of ether oxygens (including phenoxy) is 1. The summed E-state index contributed by atoms with van der Waals surface area (Å²) < 4.78 is 5.22. The van der Waals surface area contributed by atoms with Crippen molar-refractivity contribution in [3.63, 3.8) is 0 Å². The van der Waals surface area contributed by atoms with E-state index in [-0.39, 0.29) is 12.0 Å². The molecule has 1 saturated heterocycles. The lowest BCUT2D eigenvalue weighted by atomic mass is 10.1. The molecular formula is C9H17NO2. The maximum Gasteiger partial charge on any atom is 0.222 e. The van der Waals surface area contributed by atoms with Crippen molar-refractivity contribution < 1.29 is 9.53 Å². The number of carbonyl (C=O) groups is 1. The van der Waals surface area contributed by atoms with Crippen molar-refractivity contribution in [3.05, 3.63) is 0 Å². The van der Waals surface area contributed by atoms with Gasteiger partial charge in [0, 0.05) is 26.6 Å². The monoisotopic (exact) mass is 171 g/mol. The van der Waals surface area contributed by atoms with E-state index in [2.05, 4.69) is 0 Å². The molecule has 0 aliphatic carbocycles. The molecule has 3 heteroatoms. The van der Waals surface area contributed by atoms with Crippen LogP contribution in [0.4, 0.5) is 0 Å². The van der Waals surface area contributed by atoms with E-state index in [4.69, 9.17) is 4.74 Å². The molecule has 1 fully saturated rings. The number of methoxy groups -OCH3 is 1. The highest BCUT2D eigenvalue weighted by Gasteiger charge is 2.21. The van der Waals surface area contributed by atoms with Gasteiger partial charge in [-0.25, -0.2) is 0 Å². The number of nitrogens with zero attached hydrogens (tertiary/aromatic N) is 1. The molecule has 1 heterocycles. The van der Waals surface area contributed by atoms with Crippen LogP contribution < -0.4 is 0 Å². The highest BCUT2D eigenvalue weighted by Crippen LogP contribution is 2.12. The van der Waals surface area contributed by atoms with Crippen LogP contribution >= 0.6 is 0 Å². The van der Waals surface area contributed by atoms with Gasteiger partial charge in [0.1, 0.15) is 0 Å². The van der Waals surface area contributed by atoms with Gasteiger partial charge in [0.2, 0.25) is 5.91 Å². The van der Waals surface area contributed by atoms with Crippen LogP contribution in [0.15, 0.2) is 0 Å². The number of likely N-dealkylation sites (tertiary alicyclic amines) is 1. The second kappa shape index (κ2) is 4.45. The Kier molecular flexibility index (Phi) is 3.53. The van der Waals surface area contributed by atoms with Gasteiger partial charge in [0.05, 0.1) is 6.10 Å². The van der Waals surface area contributed by atoms with E-state index in [1.54, 1.807) is 7.11 Å². The van der Waals surface area contributed by atoms with Crippen LogP contribution in [0.2, 0.25) is 0 Å². The summed E-state index contributed by atoms with van der Waals surface area (Å²) >= 11 is 0. The SMILES string of the molecule is CCC(=O)N1CCCC(OC)C1. The van der Waals surface area contributed by atoms with Gasteiger partial charge in [0.15, 0.2) is 0 Å². The lowest BCUT2D eigenvalue weighted by Gasteiger charge is -2.31. The van der Waals surface area contributed by atoms with Gasteiger partial charge in [-0.15, -0.1) is 0 Å². The third kappa shape index (κ3) is 2.21. The summed E-state index contributed by atoms with van der Waals surface area (Å²) in [5, 5.41) is 0. The number of piperidine rings is 1. The Morgan fingerprint density at radius 2 is 2.42 bits per heavy atom. The second-order valence-corrected chi connectivity index (χ2v) is 3.19. The van der Waals surface area contributed by atoms with Crippen LogP contribution in [0.1, 0.15) is 26.2 Å². The maximum absolute atomic E-state index is 11.3. The molecule has 70 valence electrons. The summed E-state index contributed by atoms with van der Waals surface area (Å²) in [6.07, 6.45) is 3.03. The Bertz CT molecular complexity index is 159. The fourth-order valence-corrected chi connectivity index (χ4v) is 1.58. The molecule has 0 aromatic carbocycles. The first kappa shape index (κ1) is 9.52. The fourth-order valence-electron chi connectivity index (χ4n) is 1.58. The zero-order valence-corrected chi connectivity index (χ0v) is 7.88. The van der Waals surface area contributed by atoms with Crippen molar-refractivity contribution in [3.8, 4) is 0 Å². The molecule has 0 spiro atoms. The molecule has 1 amide bonds. The number of carbonyl (C=O) groups excluding carboxylic acids is 1. The number of rotatable bonds is 2. The standard InChI is InChI=1S/C9H17NO2/c1-3-9(11)10-6-4-5-8(7-10)12-2/h8H,3-7H2,1-2H3. The van der Waals surface area contributed by atoms with Gasteiger partial charge < -0.3 is 9.64 Å². The van der Waals surface area contributed by atoms with E-state index in [0.717, 1.165) is 25.9 Å². The van der Waals surface area contributed by atoms with Gasteiger partial charge >= 0.3 is 0 Å². The zero-order chi connectivity index (χ0) is 8.97. The van der Waals surface area contributed by atoms with E-state index in [1.165, 1.54) is 0 Å². The van der Waals surface area contributed by atoms with E-state index in [0.29, 0.717) is 6.42 Å². The van der Waals surface area contributed by atoms with Crippen molar-refractivity contribution in [2.75, 3.05) is 20.2 Å². The minimum atomic E-state index is 0.247. The quantitative estimate of drug-likeness (QED) is 0.621. The summed E-state index contributed by atoms with van der Waals surface area (Å²) in [6.45, 7) is 3.59. The molecule has 0 N–H and O–H groups in total. The summed E-state index contributed by atoms with van der Waals surface area (Å²) in [4.78, 5) is 13.2. The molecule has 0 radical (unpaired) electrons. The van der Waals surface area contributed by atoms with E-state index < -0.39 is 0 Å². The molecule has 1 aliphatic rings. The van der Waals surface area contributed by atoms with Gasteiger partial charge in [-0.3, -0.25) is 4.79 Å². The molecule has 1 aliphatic heterocycles. The minimum Gasteiger partial charge on any atom is -0.380 e. The Morgan fingerprint density at radius 1 is 1.67 bits per heavy atom. The minimum absolute atomic E-state index is 0.247. The Labute approximate surface area is 73.7 Å². The van der Waals surface area contributed by atoms with E-state index >= 15 is 0 Å². The summed E-state index contributed by atoms with van der Waals surface area (Å²) in [5.74, 6) is 0.247. The maximum atomic E-state index is 11.3. The number of amides is 1. The molecule has 3 nitrogen and oxygen atoms in total. The smallest absolute Gasteiger partial charge is 0.222 e.